The molecule has 0 saturated carbocycles. The van der Waals surface area contributed by atoms with Gasteiger partial charge in [-0.2, -0.15) is 0 Å². The van der Waals surface area contributed by atoms with Crippen LogP contribution in [0.15, 0.2) is 18.2 Å². The van der Waals surface area contributed by atoms with Gasteiger partial charge >= 0.3 is 0 Å². The van der Waals surface area contributed by atoms with Crippen molar-refractivity contribution in [2.24, 2.45) is 5.73 Å². The molecule has 0 fully saturated rings. The summed E-state index contributed by atoms with van der Waals surface area (Å²) in [6.45, 7) is -2.35. The number of rotatable bonds is 6. The molecule has 7 nitrogen and oxygen atoms in total. The Kier molecular flexibility index (Phi) is 4.33. The summed E-state index contributed by atoms with van der Waals surface area (Å²) in [7, 11) is 0. The number of nitrogens with zero attached hydrogens (tertiary/aromatic N) is 1. The molecule has 1 amide bonds. The average Bonchev–Trinajstić information content (AvgIpc) is 2.36. The average molecular weight is 275 g/mol. The maximum absolute atomic E-state index is 12.8. The van der Waals surface area contributed by atoms with Crippen LogP contribution in [0.3, 0.4) is 0 Å². The number of anilines is 1. The van der Waals surface area contributed by atoms with Crippen LogP contribution in [0.4, 0.5) is 20.2 Å². The number of aliphatic hydroxyl groups excluding tert-OH is 1. The Morgan fingerprint density at radius 3 is 2.63 bits per heavy atom. The molecule has 0 radical (unpaired) electrons. The highest BCUT2D eigenvalue weighted by atomic mass is 19.3. The first-order valence-corrected chi connectivity index (χ1v) is 5.07. The van der Waals surface area contributed by atoms with Crippen molar-refractivity contribution in [1.29, 1.82) is 0 Å². The summed E-state index contributed by atoms with van der Waals surface area (Å²) >= 11 is 0. The molecule has 0 aliphatic heterocycles. The lowest BCUT2D eigenvalue weighted by Gasteiger charge is -2.15. The van der Waals surface area contributed by atoms with Gasteiger partial charge in [0.05, 0.1) is 11.5 Å². The van der Waals surface area contributed by atoms with Gasteiger partial charge in [0.2, 0.25) is 5.91 Å². The molecule has 1 aromatic rings. The number of nitrogens with two attached hydrogens (primary N) is 1. The van der Waals surface area contributed by atoms with E-state index in [9.17, 15) is 23.7 Å². The zero-order valence-electron chi connectivity index (χ0n) is 9.60. The molecular formula is C10H11F2N3O4. The van der Waals surface area contributed by atoms with Crippen LogP contribution in [-0.4, -0.2) is 35.0 Å². The van der Waals surface area contributed by atoms with Crippen molar-refractivity contribution in [3.05, 3.63) is 33.9 Å². The Morgan fingerprint density at radius 1 is 1.53 bits per heavy atom. The summed E-state index contributed by atoms with van der Waals surface area (Å²) in [5.41, 5.74) is 4.11. The van der Waals surface area contributed by atoms with E-state index in [4.69, 9.17) is 10.8 Å². The fourth-order valence-electron chi connectivity index (χ4n) is 1.27. The van der Waals surface area contributed by atoms with Gasteiger partial charge in [0.25, 0.3) is 11.6 Å². The second-order valence-electron chi connectivity index (χ2n) is 3.72. The maximum atomic E-state index is 12.8. The number of primary amides is 1. The SMILES string of the molecule is NC(=O)c1ccc(NCC(F)(F)CO)c([N+](=O)[O-])c1. The van der Waals surface area contributed by atoms with Gasteiger partial charge in [-0.05, 0) is 12.1 Å². The fraction of sp³-hybridized carbons (Fsp3) is 0.300. The molecule has 1 rings (SSSR count). The molecule has 0 spiro atoms. The van der Waals surface area contributed by atoms with Crippen molar-refractivity contribution in [1.82, 2.24) is 0 Å². The molecule has 0 unspecified atom stereocenters. The van der Waals surface area contributed by atoms with E-state index in [2.05, 4.69) is 5.32 Å². The first-order chi connectivity index (χ1) is 8.76. The third kappa shape index (κ3) is 3.85. The van der Waals surface area contributed by atoms with Crippen LogP contribution in [0.1, 0.15) is 10.4 Å². The molecule has 104 valence electrons. The molecule has 0 heterocycles. The predicted molar refractivity (Wildman–Crippen MR) is 62.1 cm³/mol. The minimum absolute atomic E-state index is 0.105. The Balaban J connectivity index is 3.01. The van der Waals surface area contributed by atoms with E-state index in [1.165, 1.54) is 6.07 Å². The minimum Gasteiger partial charge on any atom is -0.390 e. The van der Waals surface area contributed by atoms with Crippen LogP contribution in [0.25, 0.3) is 0 Å². The third-order valence-electron chi connectivity index (χ3n) is 2.25. The number of hydrogen-bond acceptors (Lipinski definition) is 5. The molecule has 9 heteroatoms. The standard InChI is InChI=1S/C10H11F2N3O4/c11-10(12,5-16)4-14-7-2-1-6(9(13)17)3-8(7)15(18)19/h1-3,14,16H,4-5H2,(H2,13,17). The summed E-state index contributed by atoms with van der Waals surface area (Å²) in [6, 6.07) is 3.17. The van der Waals surface area contributed by atoms with E-state index >= 15 is 0 Å². The molecule has 1 aromatic carbocycles. The largest absolute Gasteiger partial charge is 0.390 e. The van der Waals surface area contributed by atoms with E-state index < -0.39 is 35.6 Å². The lowest BCUT2D eigenvalue weighted by Crippen LogP contribution is -2.31. The Hall–Kier alpha value is -2.29. The molecular weight excluding hydrogens is 264 g/mol. The van der Waals surface area contributed by atoms with Crippen molar-refractivity contribution in [2.75, 3.05) is 18.5 Å². The fourth-order valence-corrected chi connectivity index (χ4v) is 1.27. The monoisotopic (exact) mass is 275 g/mol. The lowest BCUT2D eigenvalue weighted by atomic mass is 10.1. The number of alkyl halides is 2. The van der Waals surface area contributed by atoms with Crippen molar-refractivity contribution >= 4 is 17.3 Å². The van der Waals surface area contributed by atoms with E-state index in [0.717, 1.165) is 12.1 Å². The van der Waals surface area contributed by atoms with Gasteiger partial charge in [0.15, 0.2) is 0 Å². The number of aliphatic hydroxyl groups is 1. The van der Waals surface area contributed by atoms with Crippen molar-refractivity contribution in [3.63, 3.8) is 0 Å². The second-order valence-corrected chi connectivity index (χ2v) is 3.72. The molecule has 0 atom stereocenters. The molecule has 0 aliphatic rings. The van der Waals surface area contributed by atoms with Gasteiger partial charge in [-0.15, -0.1) is 0 Å². The number of carbonyl (C=O) groups excluding carboxylic acids is 1. The molecule has 4 N–H and O–H groups in total. The van der Waals surface area contributed by atoms with Crippen LogP contribution in [0.2, 0.25) is 0 Å². The summed E-state index contributed by atoms with van der Waals surface area (Å²) in [4.78, 5) is 20.8. The van der Waals surface area contributed by atoms with E-state index in [-0.39, 0.29) is 11.3 Å². The summed E-state index contributed by atoms with van der Waals surface area (Å²) in [5.74, 6) is -4.27. The van der Waals surface area contributed by atoms with Gasteiger partial charge in [0, 0.05) is 11.6 Å². The maximum Gasteiger partial charge on any atom is 0.293 e. The zero-order chi connectivity index (χ0) is 14.6. The number of nitrogens with one attached hydrogen (secondary N) is 1. The lowest BCUT2D eigenvalue weighted by molar-refractivity contribution is -0.384. The molecule has 19 heavy (non-hydrogen) atoms. The Labute approximate surface area is 106 Å². The van der Waals surface area contributed by atoms with E-state index in [1.807, 2.05) is 0 Å². The van der Waals surface area contributed by atoms with Crippen LogP contribution in [-0.2, 0) is 0 Å². The smallest absolute Gasteiger partial charge is 0.293 e. The van der Waals surface area contributed by atoms with Crippen LogP contribution >= 0.6 is 0 Å². The predicted octanol–water partition coefficient (Wildman–Crippen LogP) is 0.733. The van der Waals surface area contributed by atoms with Gasteiger partial charge in [-0.1, -0.05) is 0 Å². The first-order valence-electron chi connectivity index (χ1n) is 5.07. The van der Waals surface area contributed by atoms with Crippen molar-refractivity contribution in [3.8, 4) is 0 Å². The number of benzene rings is 1. The topological polar surface area (TPSA) is 118 Å². The Bertz CT molecular complexity index is 508. The van der Waals surface area contributed by atoms with Crippen LogP contribution in [0.5, 0.6) is 0 Å². The zero-order valence-corrected chi connectivity index (χ0v) is 9.60. The molecule has 0 aliphatic carbocycles. The number of nitro benzene ring substituents is 1. The van der Waals surface area contributed by atoms with Crippen LogP contribution in [0, 0.1) is 10.1 Å². The highest BCUT2D eigenvalue weighted by molar-refractivity contribution is 5.94. The normalized spacial score (nSPS) is 11.1. The van der Waals surface area contributed by atoms with Gasteiger partial charge in [-0.3, -0.25) is 14.9 Å². The summed E-state index contributed by atoms with van der Waals surface area (Å²) in [5, 5.41) is 21.3. The highest BCUT2D eigenvalue weighted by Crippen LogP contribution is 2.26. The first kappa shape index (κ1) is 14.8. The molecule has 0 saturated heterocycles. The number of carbonyl (C=O) groups is 1. The third-order valence-corrected chi connectivity index (χ3v) is 2.25. The van der Waals surface area contributed by atoms with E-state index in [0.29, 0.717) is 0 Å². The second kappa shape index (κ2) is 5.57. The van der Waals surface area contributed by atoms with Gasteiger partial charge in [-0.25, -0.2) is 8.78 Å². The van der Waals surface area contributed by atoms with Crippen molar-refractivity contribution < 1.29 is 23.6 Å². The molecule has 0 bridgehead atoms. The summed E-state index contributed by atoms with van der Waals surface area (Å²) in [6.07, 6.45) is 0. The highest BCUT2D eigenvalue weighted by Gasteiger charge is 2.28. The van der Waals surface area contributed by atoms with Crippen LogP contribution < -0.4 is 11.1 Å². The Morgan fingerprint density at radius 2 is 2.16 bits per heavy atom. The molecule has 0 aromatic heterocycles. The number of hydrogen-bond donors (Lipinski definition) is 3. The minimum atomic E-state index is -3.41. The quantitative estimate of drug-likeness (QED) is 0.522. The van der Waals surface area contributed by atoms with Gasteiger partial charge in [0.1, 0.15) is 12.3 Å². The van der Waals surface area contributed by atoms with E-state index in [1.54, 1.807) is 0 Å². The summed E-state index contributed by atoms with van der Waals surface area (Å²) < 4.78 is 25.6. The number of nitro groups is 1. The van der Waals surface area contributed by atoms with Gasteiger partial charge < -0.3 is 16.2 Å². The number of halogens is 2. The number of amides is 1. The van der Waals surface area contributed by atoms with Crippen molar-refractivity contribution in [2.45, 2.75) is 5.92 Å².